The predicted octanol–water partition coefficient (Wildman–Crippen LogP) is 0.261. The van der Waals surface area contributed by atoms with Gasteiger partial charge in [-0.15, -0.1) is 0 Å². The molecule has 0 unspecified atom stereocenters. The van der Waals surface area contributed by atoms with E-state index < -0.39 is 29.5 Å². The molecule has 0 saturated heterocycles. The van der Waals surface area contributed by atoms with E-state index in [-0.39, 0.29) is 88.1 Å². The average molecular weight is 408 g/mol. The van der Waals surface area contributed by atoms with E-state index in [4.69, 9.17) is 0 Å². The second-order valence-corrected chi connectivity index (χ2v) is 9.19. The SMILES string of the molecule is C[C@]12C=CC(=O)C=C1CC[C@@H]1[C@@H]2[C@@H](O)C[C@@]2(C)[C@H]1CC[C@]2(O)C(=O)CO.[NaH].[NaH]. The number of aliphatic hydroxyl groups is 3. The van der Waals surface area contributed by atoms with Crippen LogP contribution in [-0.2, 0) is 9.59 Å². The Kier molecular flexibility index (Phi) is 7.42. The number of allylic oxidation sites excluding steroid dienone is 4. The number of Topliss-reactive ketones (excluding diaryl/α,β-unsaturated/α-hetero) is 1. The number of hydrogen-bond donors (Lipinski definition) is 3. The van der Waals surface area contributed by atoms with Gasteiger partial charge in [-0.25, -0.2) is 0 Å². The van der Waals surface area contributed by atoms with E-state index in [1.54, 1.807) is 12.2 Å². The molecule has 7 heteroatoms. The van der Waals surface area contributed by atoms with Crippen LogP contribution in [-0.4, -0.2) is 104 Å². The number of carbonyl (C=O) groups excluding carboxylic acids is 2. The quantitative estimate of drug-likeness (QED) is 0.570. The third-order valence-electron chi connectivity index (χ3n) is 8.25. The number of carbonyl (C=O) groups is 2. The first-order valence-corrected chi connectivity index (χ1v) is 9.66. The zero-order valence-corrected chi connectivity index (χ0v) is 15.4. The van der Waals surface area contributed by atoms with Crippen molar-refractivity contribution in [1.82, 2.24) is 0 Å². The van der Waals surface area contributed by atoms with Gasteiger partial charge >= 0.3 is 59.1 Å². The first-order chi connectivity index (χ1) is 12.2. The molecule has 0 aliphatic heterocycles. The van der Waals surface area contributed by atoms with Gasteiger partial charge in [-0.2, -0.15) is 0 Å². The molecule has 3 fully saturated rings. The van der Waals surface area contributed by atoms with Crippen LogP contribution in [0.15, 0.2) is 23.8 Å². The zero-order valence-electron chi connectivity index (χ0n) is 15.4. The molecule has 28 heavy (non-hydrogen) atoms. The van der Waals surface area contributed by atoms with Crippen LogP contribution in [0.5, 0.6) is 0 Å². The average Bonchev–Trinajstić information content (AvgIpc) is 2.86. The maximum atomic E-state index is 12.4. The zero-order chi connectivity index (χ0) is 18.9. The molecule has 0 aromatic carbocycles. The normalized spacial score (nSPS) is 46.3. The van der Waals surface area contributed by atoms with Gasteiger partial charge < -0.3 is 15.3 Å². The van der Waals surface area contributed by atoms with Gasteiger partial charge in [0.25, 0.3) is 0 Å². The van der Waals surface area contributed by atoms with Crippen molar-refractivity contribution in [3.8, 4) is 0 Å². The van der Waals surface area contributed by atoms with Crippen molar-refractivity contribution in [2.75, 3.05) is 6.61 Å². The Balaban J connectivity index is 0.00000140. The third-order valence-corrected chi connectivity index (χ3v) is 8.25. The van der Waals surface area contributed by atoms with E-state index in [9.17, 15) is 24.9 Å². The van der Waals surface area contributed by atoms with E-state index in [2.05, 4.69) is 6.92 Å². The van der Waals surface area contributed by atoms with Gasteiger partial charge in [0.2, 0.25) is 0 Å². The fraction of sp³-hybridized carbons (Fsp3) is 0.714. The Bertz CT molecular complexity index is 734. The number of rotatable bonds is 2. The minimum absolute atomic E-state index is 0. The summed E-state index contributed by atoms with van der Waals surface area (Å²) in [6.07, 6.45) is 7.68. The Morgan fingerprint density at radius 2 is 1.93 bits per heavy atom. The van der Waals surface area contributed by atoms with Crippen molar-refractivity contribution >= 4 is 70.7 Å². The predicted molar refractivity (Wildman–Crippen MR) is 109 cm³/mol. The molecule has 0 amide bonds. The van der Waals surface area contributed by atoms with Crippen LogP contribution >= 0.6 is 0 Å². The summed E-state index contributed by atoms with van der Waals surface area (Å²) in [6, 6.07) is 0. The van der Waals surface area contributed by atoms with E-state index in [0.717, 1.165) is 24.8 Å². The number of aliphatic hydroxyl groups excluding tert-OH is 2. The second kappa shape index (κ2) is 8.33. The van der Waals surface area contributed by atoms with Gasteiger partial charge in [0.05, 0.1) is 6.10 Å². The summed E-state index contributed by atoms with van der Waals surface area (Å²) in [5.41, 5.74) is -1.54. The summed E-state index contributed by atoms with van der Waals surface area (Å²) < 4.78 is 0. The summed E-state index contributed by atoms with van der Waals surface area (Å²) in [6.45, 7) is 3.34. The van der Waals surface area contributed by atoms with Crippen LogP contribution < -0.4 is 0 Å². The van der Waals surface area contributed by atoms with Gasteiger partial charge in [-0.1, -0.05) is 25.5 Å². The molecular weight excluding hydrogens is 378 g/mol. The van der Waals surface area contributed by atoms with Gasteiger partial charge in [0.15, 0.2) is 11.6 Å². The molecule has 4 aliphatic carbocycles. The molecule has 146 valence electrons. The van der Waals surface area contributed by atoms with Gasteiger partial charge in [0.1, 0.15) is 12.2 Å². The first kappa shape index (κ1) is 25.0. The Morgan fingerprint density at radius 1 is 1.25 bits per heavy atom. The summed E-state index contributed by atoms with van der Waals surface area (Å²) >= 11 is 0. The van der Waals surface area contributed by atoms with Crippen molar-refractivity contribution < 1.29 is 24.9 Å². The van der Waals surface area contributed by atoms with Gasteiger partial charge in [-0.05, 0) is 56.1 Å². The van der Waals surface area contributed by atoms with Crippen LogP contribution in [0, 0.1) is 28.6 Å². The van der Waals surface area contributed by atoms with Crippen LogP contribution in [0.1, 0.15) is 46.0 Å². The number of fused-ring (bicyclic) bond motifs is 5. The Hall–Kier alpha value is 0.700. The van der Waals surface area contributed by atoms with Crippen molar-refractivity contribution in [1.29, 1.82) is 0 Å². The first-order valence-electron chi connectivity index (χ1n) is 9.66. The van der Waals surface area contributed by atoms with Crippen molar-refractivity contribution in [2.45, 2.75) is 57.7 Å². The third kappa shape index (κ3) is 3.25. The van der Waals surface area contributed by atoms with E-state index in [0.29, 0.717) is 12.8 Å². The summed E-state index contributed by atoms with van der Waals surface area (Å²) in [5, 5.41) is 31.7. The summed E-state index contributed by atoms with van der Waals surface area (Å²) in [7, 11) is 0. The fourth-order valence-corrected chi connectivity index (χ4v) is 6.92. The van der Waals surface area contributed by atoms with Crippen LogP contribution in [0.4, 0.5) is 0 Å². The molecule has 7 atom stereocenters. The van der Waals surface area contributed by atoms with E-state index in [1.165, 1.54) is 0 Å². The molecule has 0 radical (unpaired) electrons. The molecular formula is C21H30Na2O5. The minimum atomic E-state index is -1.56. The van der Waals surface area contributed by atoms with Crippen LogP contribution in [0.25, 0.3) is 0 Å². The summed E-state index contributed by atoms with van der Waals surface area (Å²) in [5.74, 6) is -0.227. The van der Waals surface area contributed by atoms with Crippen LogP contribution in [0.2, 0.25) is 0 Å². The maximum absolute atomic E-state index is 12.4. The monoisotopic (exact) mass is 408 g/mol. The molecule has 4 rings (SSSR count). The van der Waals surface area contributed by atoms with E-state index in [1.807, 2.05) is 13.0 Å². The molecule has 3 saturated carbocycles. The molecule has 0 aromatic rings. The van der Waals surface area contributed by atoms with Gasteiger partial charge in [-0.3, -0.25) is 9.59 Å². The van der Waals surface area contributed by atoms with E-state index >= 15 is 0 Å². The number of ketones is 2. The molecule has 3 N–H and O–H groups in total. The Labute approximate surface area is 210 Å². The fourth-order valence-electron chi connectivity index (χ4n) is 6.92. The van der Waals surface area contributed by atoms with Gasteiger partial charge in [0, 0.05) is 16.7 Å². The van der Waals surface area contributed by atoms with Crippen molar-refractivity contribution in [3.63, 3.8) is 0 Å². The summed E-state index contributed by atoms with van der Waals surface area (Å²) in [4.78, 5) is 24.2. The van der Waals surface area contributed by atoms with Crippen LogP contribution in [0.3, 0.4) is 0 Å². The Morgan fingerprint density at radius 3 is 2.57 bits per heavy atom. The number of hydrogen-bond acceptors (Lipinski definition) is 5. The van der Waals surface area contributed by atoms with Crippen molar-refractivity contribution in [3.05, 3.63) is 23.8 Å². The molecule has 0 bridgehead atoms. The molecule has 4 aliphatic rings. The molecule has 0 aromatic heterocycles. The molecule has 0 spiro atoms. The topological polar surface area (TPSA) is 94.8 Å². The molecule has 5 nitrogen and oxygen atoms in total. The standard InChI is InChI=1S/C21H28O5.2Na.2H/c1-19-7-5-13(23)9-12(19)3-4-14-15-6-8-21(26,17(25)11-22)20(15,2)10-16(24)18(14)19;;;;/h5,7,9,14-16,18,22,24,26H,3-4,6,8,10-11H2,1-2H3;;;;/t14-,15-,16-,18+,19-,20-,21-;;;;/m0..../s1. The van der Waals surface area contributed by atoms with Crippen molar-refractivity contribution in [2.24, 2.45) is 28.6 Å². The molecule has 0 heterocycles. The second-order valence-electron chi connectivity index (χ2n) is 9.19.